The fourth-order valence-electron chi connectivity index (χ4n) is 6.90. The topological polar surface area (TPSA) is 75.7 Å². The predicted octanol–water partition coefficient (Wildman–Crippen LogP) is 3.61. The van der Waals surface area contributed by atoms with Crippen LogP contribution in [0.25, 0.3) is 0 Å². The second kappa shape index (κ2) is 7.43. The molecule has 30 heavy (non-hydrogen) atoms. The fraction of sp³-hybridized carbons (Fsp3) is 0.696. The number of nitrogens with zero attached hydrogens (tertiary/aromatic N) is 1. The molecule has 1 aliphatic heterocycles. The number of carbonyl (C=O) groups is 1. The SMILES string of the molecule is COc1ccc(S(=O)(=O)C2CCN(C(=O)NC34CC5CC(CC(C5)C3)C4)CC2)cc1. The van der Waals surface area contributed by atoms with E-state index in [-0.39, 0.29) is 11.6 Å². The molecule has 1 N–H and O–H groups in total. The lowest BCUT2D eigenvalue weighted by Gasteiger charge is -2.57. The molecule has 0 spiro atoms. The summed E-state index contributed by atoms with van der Waals surface area (Å²) in [6.07, 6.45) is 8.43. The first-order valence-electron chi connectivity index (χ1n) is 11.3. The summed E-state index contributed by atoms with van der Waals surface area (Å²) < 4.78 is 31.1. The lowest BCUT2D eigenvalue weighted by molar-refractivity contribution is -0.0159. The third-order valence-corrected chi connectivity index (χ3v) is 10.2. The van der Waals surface area contributed by atoms with E-state index in [1.165, 1.54) is 19.3 Å². The Balaban J connectivity index is 1.20. The average molecular weight is 433 g/mol. The monoisotopic (exact) mass is 432 g/mol. The van der Waals surface area contributed by atoms with Crippen molar-refractivity contribution in [3.8, 4) is 5.75 Å². The standard InChI is InChI=1S/C23H32N2O4S/c1-29-19-2-4-20(5-3-19)30(27,28)21-6-8-25(9-7-21)22(26)24-23-13-16-10-17(14-23)12-18(11-16)15-23/h2-5,16-18,21H,6-15H2,1H3,(H,24,26). The summed E-state index contributed by atoms with van der Waals surface area (Å²) in [7, 11) is -1.83. The zero-order valence-electron chi connectivity index (χ0n) is 17.7. The summed E-state index contributed by atoms with van der Waals surface area (Å²) in [5, 5.41) is 2.98. The molecule has 7 heteroatoms. The van der Waals surface area contributed by atoms with Crippen LogP contribution in [-0.2, 0) is 9.84 Å². The Morgan fingerprint density at radius 2 is 1.53 bits per heavy atom. The Hall–Kier alpha value is -1.76. The molecule has 6 nitrogen and oxygen atoms in total. The lowest BCUT2D eigenvalue weighted by atomic mass is 9.53. The molecule has 0 radical (unpaired) electrons. The van der Waals surface area contributed by atoms with Gasteiger partial charge in [0.05, 0.1) is 17.3 Å². The zero-order chi connectivity index (χ0) is 20.9. The minimum Gasteiger partial charge on any atom is -0.497 e. The van der Waals surface area contributed by atoms with Gasteiger partial charge in [0.15, 0.2) is 9.84 Å². The van der Waals surface area contributed by atoms with E-state index in [0.29, 0.717) is 36.6 Å². The van der Waals surface area contributed by atoms with Crippen LogP contribution in [0.2, 0.25) is 0 Å². The molecule has 4 bridgehead atoms. The number of likely N-dealkylation sites (tertiary alicyclic amines) is 1. The molecule has 1 aromatic rings. The minimum atomic E-state index is -3.39. The summed E-state index contributed by atoms with van der Waals surface area (Å²) in [6.45, 7) is 0.997. The predicted molar refractivity (Wildman–Crippen MR) is 114 cm³/mol. The van der Waals surface area contributed by atoms with Crippen LogP contribution in [0.4, 0.5) is 4.79 Å². The van der Waals surface area contributed by atoms with E-state index < -0.39 is 15.1 Å². The Labute approximate surface area is 179 Å². The van der Waals surface area contributed by atoms with Crippen molar-refractivity contribution in [2.45, 2.75) is 67.1 Å². The smallest absolute Gasteiger partial charge is 0.317 e. The highest BCUT2D eigenvalue weighted by Gasteiger charge is 2.52. The normalized spacial score (nSPS) is 33.5. The van der Waals surface area contributed by atoms with Crippen molar-refractivity contribution >= 4 is 15.9 Å². The van der Waals surface area contributed by atoms with E-state index >= 15 is 0 Å². The van der Waals surface area contributed by atoms with Crippen LogP contribution in [0.3, 0.4) is 0 Å². The molecule has 2 amide bonds. The van der Waals surface area contributed by atoms with Crippen LogP contribution < -0.4 is 10.1 Å². The van der Waals surface area contributed by atoms with Crippen LogP contribution in [0.5, 0.6) is 5.75 Å². The van der Waals surface area contributed by atoms with Crippen molar-refractivity contribution in [1.82, 2.24) is 10.2 Å². The van der Waals surface area contributed by atoms with Crippen molar-refractivity contribution in [2.75, 3.05) is 20.2 Å². The molecule has 1 saturated heterocycles. The second-order valence-corrected chi connectivity index (χ2v) is 12.3. The molecular formula is C23H32N2O4S. The van der Waals surface area contributed by atoms with Crippen molar-refractivity contribution in [3.05, 3.63) is 24.3 Å². The summed E-state index contributed by atoms with van der Waals surface area (Å²) in [6, 6.07) is 6.60. The Bertz CT molecular complexity index is 868. The van der Waals surface area contributed by atoms with Gasteiger partial charge in [-0.2, -0.15) is 0 Å². The van der Waals surface area contributed by atoms with Gasteiger partial charge < -0.3 is 15.0 Å². The van der Waals surface area contributed by atoms with Crippen LogP contribution >= 0.6 is 0 Å². The highest BCUT2D eigenvalue weighted by molar-refractivity contribution is 7.92. The quantitative estimate of drug-likeness (QED) is 0.789. The molecule has 5 aliphatic rings. The number of ether oxygens (including phenoxy) is 1. The van der Waals surface area contributed by atoms with Crippen LogP contribution in [0, 0.1) is 17.8 Å². The minimum absolute atomic E-state index is 0.00213. The largest absolute Gasteiger partial charge is 0.497 e. The van der Waals surface area contributed by atoms with Gasteiger partial charge in [0.2, 0.25) is 0 Å². The zero-order valence-corrected chi connectivity index (χ0v) is 18.5. The number of carbonyl (C=O) groups excluding carboxylic acids is 1. The van der Waals surface area contributed by atoms with E-state index in [9.17, 15) is 13.2 Å². The number of hydrogen-bond donors (Lipinski definition) is 1. The molecule has 6 rings (SSSR count). The maximum Gasteiger partial charge on any atom is 0.317 e. The third kappa shape index (κ3) is 3.59. The molecule has 4 aliphatic carbocycles. The summed E-state index contributed by atoms with van der Waals surface area (Å²) in [4.78, 5) is 15.2. The van der Waals surface area contributed by atoms with Gasteiger partial charge in [-0.1, -0.05) is 0 Å². The first kappa shape index (κ1) is 20.2. The maximum atomic E-state index is 13.0. The van der Waals surface area contributed by atoms with Gasteiger partial charge in [-0.15, -0.1) is 0 Å². The number of methoxy groups -OCH3 is 1. The van der Waals surface area contributed by atoms with Gasteiger partial charge in [0.1, 0.15) is 5.75 Å². The van der Waals surface area contributed by atoms with E-state index in [1.807, 2.05) is 4.90 Å². The number of rotatable bonds is 4. The van der Waals surface area contributed by atoms with Crippen molar-refractivity contribution in [2.24, 2.45) is 17.8 Å². The van der Waals surface area contributed by atoms with Crippen LogP contribution in [0.15, 0.2) is 29.2 Å². The Morgan fingerprint density at radius 1 is 1.00 bits per heavy atom. The number of urea groups is 1. The molecule has 4 saturated carbocycles. The lowest BCUT2D eigenvalue weighted by Crippen LogP contribution is -2.62. The fourth-order valence-corrected chi connectivity index (χ4v) is 8.63. The van der Waals surface area contributed by atoms with Gasteiger partial charge in [0, 0.05) is 18.6 Å². The van der Waals surface area contributed by atoms with E-state index in [4.69, 9.17) is 4.74 Å². The van der Waals surface area contributed by atoms with Gasteiger partial charge in [-0.05, 0) is 93.4 Å². The third-order valence-electron chi connectivity index (χ3n) is 7.97. The van der Waals surface area contributed by atoms with Crippen LogP contribution in [0.1, 0.15) is 51.4 Å². The number of benzene rings is 1. The number of amides is 2. The average Bonchev–Trinajstić information content (AvgIpc) is 2.72. The second-order valence-electron chi connectivity index (χ2n) is 10.0. The van der Waals surface area contributed by atoms with E-state index in [1.54, 1.807) is 31.4 Å². The Morgan fingerprint density at radius 3 is 2.03 bits per heavy atom. The highest BCUT2D eigenvalue weighted by Crippen LogP contribution is 2.55. The van der Waals surface area contributed by atoms with Gasteiger partial charge in [-0.25, -0.2) is 13.2 Å². The first-order valence-corrected chi connectivity index (χ1v) is 12.9. The summed E-state index contributed by atoms with van der Waals surface area (Å²) >= 11 is 0. The Kier molecular flexibility index (Phi) is 4.99. The van der Waals surface area contributed by atoms with Crippen molar-refractivity contribution in [1.29, 1.82) is 0 Å². The van der Waals surface area contributed by atoms with Gasteiger partial charge in [-0.3, -0.25) is 0 Å². The number of piperidine rings is 1. The molecule has 0 aromatic heterocycles. The molecule has 1 heterocycles. The van der Waals surface area contributed by atoms with E-state index in [0.717, 1.165) is 37.0 Å². The molecular weight excluding hydrogens is 400 g/mol. The van der Waals surface area contributed by atoms with E-state index in [2.05, 4.69) is 5.32 Å². The van der Waals surface area contributed by atoms with Crippen LogP contribution in [-0.4, -0.2) is 50.3 Å². The number of sulfone groups is 1. The number of nitrogens with one attached hydrogen (secondary N) is 1. The molecule has 0 unspecified atom stereocenters. The van der Waals surface area contributed by atoms with Gasteiger partial charge >= 0.3 is 6.03 Å². The van der Waals surface area contributed by atoms with Gasteiger partial charge in [0.25, 0.3) is 0 Å². The maximum absolute atomic E-state index is 13.0. The molecule has 0 atom stereocenters. The summed E-state index contributed by atoms with van der Waals surface area (Å²) in [5.74, 6) is 3.01. The highest BCUT2D eigenvalue weighted by atomic mass is 32.2. The molecule has 1 aromatic carbocycles. The van der Waals surface area contributed by atoms with Crippen molar-refractivity contribution < 1.29 is 17.9 Å². The molecule has 5 fully saturated rings. The summed E-state index contributed by atoms with van der Waals surface area (Å²) in [5.41, 5.74) is -0.00213. The van der Waals surface area contributed by atoms with Crippen molar-refractivity contribution in [3.63, 3.8) is 0 Å². The molecule has 164 valence electrons. The number of hydrogen-bond acceptors (Lipinski definition) is 4. The first-order chi connectivity index (χ1) is 14.4.